The minimum absolute atomic E-state index is 0.324. The Kier molecular flexibility index (Phi) is 10.9. The second-order valence-electron chi connectivity index (χ2n) is 16.6. The molecule has 9 aromatic carbocycles. The van der Waals surface area contributed by atoms with Crippen molar-refractivity contribution in [3.05, 3.63) is 252 Å². The summed E-state index contributed by atoms with van der Waals surface area (Å²) in [6.07, 6.45) is 0. The summed E-state index contributed by atoms with van der Waals surface area (Å²) in [6.45, 7) is 16.6. The summed E-state index contributed by atoms with van der Waals surface area (Å²) in [6, 6.07) is 76.5. The van der Waals surface area contributed by atoms with Crippen molar-refractivity contribution >= 4 is 50.2 Å². The van der Waals surface area contributed by atoms with E-state index >= 15 is 0 Å². The number of hydrogen-bond donors (Lipinski definition) is 0. The zero-order valence-electron chi connectivity index (χ0n) is 37.4. The molecular weight excluding hydrogens is 857 g/mol. The first-order valence-electron chi connectivity index (χ1n) is 22.5. The van der Waals surface area contributed by atoms with Crippen LogP contribution in [-0.4, -0.2) is 14.5 Å². The van der Waals surface area contributed by atoms with E-state index in [1.54, 1.807) is 48.5 Å². The highest BCUT2D eigenvalue weighted by atomic mass is 15.1. The van der Waals surface area contributed by atoms with Crippen LogP contribution in [0.15, 0.2) is 218 Å². The van der Waals surface area contributed by atoms with Crippen LogP contribution in [0.4, 0.5) is 28.4 Å². The first-order valence-corrected chi connectivity index (χ1v) is 22.5. The SMILES string of the molecule is [C-]#[N+]c1cc(-c2cc(-c3ccc(C#N)cc3)nc(-c3ccc(C#N)cc3)n2)cc([N+]#[C-])c1-c1ccc(-c2ccc(-n3c4ccccc4c4cc(N(c5ccccc5)c5ccccc5)ccc43)cc2)cc1. The third kappa shape index (κ3) is 7.83. The predicted molar refractivity (Wildman–Crippen MR) is 280 cm³/mol. The molecule has 0 fully saturated rings. The molecule has 0 aliphatic heterocycles. The minimum atomic E-state index is 0.324. The maximum absolute atomic E-state index is 9.40. The molecule has 70 heavy (non-hydrogen) atoms. The zero-order chi connectivity index (χ0) is 47.6. The third-order valence-electron chi connectivity index (χ3n) is 12.5. The number of nitrogens with zero attached hydrogens (tertiary/aromatic N) is 8. The Morgan fingerprint density at radius 3 is 1.47 bits per heavy atom. The summed E-state index contributed by atoms with van der Waals surface area (Å²) in [5, 5.41) is 21.1. The van der Waals surface area contributed by atoms with Gasteiger partial charge in [-0.3, -0.25) is 0 Å². The fourth-order valence-electron chi connectivity index (χ4n) is 9.13. The van der Waals surface area contributed by atoms with Crippen LogP contribution >= 0.6 is 0 Å². The monoisotopic (exact) mass is 892 g/mol. The molecule has 11 rings (SSSR count). The van der Waals surface area contributed by atoms with Crippen molar-refractivity contribution in [1.29, 1.82) is 10.5 Å². The lowest BCUT2D eigenvalue weighted by Crippen LogP contribution is -2.09. The number of aromatic nitrogens is 3. The average Bonchev–Trinajstić information content (AvgIpc) is 3.77. The van der Waals surface area contributed by atoms with Crippen LogP contribution in [0.25, 0.3) is 93.3 Å². The minimum Gasteiger partial charge on any atom is -0.310 e. The molecule has 2 heterocycles. The Hall–Kier alpha value is -10.4. The first-order chi connectivity index (χ1) is 34.5. The molecule has 324 valence electrons. The average molecular weight is 893 g/mol. The van der Waals surface area contributed by atoms with E-state index in [9.17, 15) is 10.5 Å². The van der Waals surface area contributed by atoms with Gasteiger partial charge in [-0.05, 0) is 143 Å². The summed E-state index contributed by atoms with van der Waals surface area (Å²) in [7, 11) is 0. The van der Waals surface area contributed by atoms with Gasteiger partial charge in [0.15, 0.2) is 17.2 Å². The molecule has 0 unspecified atom stereocenters. The Balaban J connectivity index is 0.918. The van der Waals surface area contributed by atoms with Crippen molar-refractivity contribution in [2.75, 3.05) is 4.90 Å². The summed E-state index contributed by atoms with van der Waals surface area (Å²) in [4.78, 5) is 19.9. The van der Waals surface area contributed by atoms with E-state index in [4.69, 9.17) is 23.1 Å². The highest BCUT2D eigenvalue weighted by Crippen LogP contribution is 2.44. The highest BCUT2D eigenvalue weighted by molar-refractivity contribution is 6.10. The van der Waals surface area contributed by atoms with Crippen LogP contribution in [0, 0.1) is 35.8 Å². The van der Waals surface area contributed by atoms with Crippen molar-refractivity contribution < 1.29 is 0 Å². The molecule has 0 amide bonds. The van der Waals surface area contributed by atoms with Gasteiger partial charge in [0.05, 0.1) is 58.8 Å². The van der Waals surface area contributed by atoms with Crippen LogP contribution in [0.1, 0.15) is 11.1 Å². The molecule has 0 N–H and O–H groups in total. The van der Waals surface area contributed by atoms with Gasteiger partial charge >= 0.3 is 0 Å². The standard InChI is InChI=1S/C62H36N8/c1-65-57-35-48(56-38-55(45-21-17-41(39-63)18-22-45)67-62(68-56)47-23-19-42(40-64)20-24-47)36-58(66-2)61(57)46-27-25-43(26-28-46)44-29-31-51(32-30-44)70-59-16-10-9-15-53(59)54-37-52(33-34-60(54)70)69(49-11-5-3-6-12-49)50-13-7-4-8-14-50/h3-38H. The van der Waals surface area contributed by atoms with Gasteiger partial charge in [-0.2, -0.15) is 10.5 Å². The van der Waals surface area contributed by atoms with Crippen molar-refractivity contribution in [2.24, 2.45) is 0 Å². The highest BCUT2D eigenvalue weighted by Gasteiger charge is 2.20. The van der Waals surface area contributed by atoms with Crippen LogP contribution in [-0.2, 0) is 0 Å². The molecule has 0 atom stereocenters. The molecule has 8 heteroatoms. The van der Waals surface area contributed by atoms with Gasteiger partial charge in [0.25, 0.3) is 0 Å². The number of fused-ring (bicyclic) bond motifs is 3. The predicted octanol–water partition coefficient (Wildman–Crippen LogP) is 16.2. The molecule has 0 saturated carbocycles. The largest absolute Gasteiger partial charge is 0.310 e. The third-order valence-corrected chi connectivity index (χ3v) is 12.5. The molecule has 8 nitrogen and oxygen atoms in total. The van der Waals surface area contributed by atoms with Gasteiger partial charge in [-0.15, -0.1) is 0 Å². The number of nitriles is 2. The maximum atomic E-state index is 9.40. The summed E-state index contributed by atoms with van der Waals surface area (Å²) in [5.74, 6) is 0.418. The number of anilines is 3. The smallest absolute Gasteiger partial charge is 0.185 e. The normalized spacial score (nSPS) is 10.8. The van der Waals surface area contributed by atoms with Gasteiger partial charge < -0.3 is 9.47 Å². The lowest BCUT2D eigenvalue weighted by Gasteiger charge is -2.25. The molecule has 0 spiro atoms. The van der Waals surface area contributed by atoms with Crippen molar-refractivity contribution in [3.8, 4) is 74.0 Å². The Bertz CT molecular complexity index is 3790. The van der Waals surface area contributed by atoms with Crippen LogP contribution in [0.3, 0.4) is 0 Å². The van der Waals surface area contributed by atoms with Gasteiger partial charge in [0.2, 0.25) is 0 Å². The maximum Gasteiger partial charge on any atom is 0.185 e. The fraction of sp³-hybridized carbons (Fsp3) is 0. The van der Waals surface area contributed by atoms with Gasteiger partial charge in [0.1, 0.15) is 0 Å². The summed E-state index contributed by atoms with van der Waals surface area (Å²) in [5.41, 5.74) is 14.7. The van der Waals surface area contributed by atoms with Gasteiger partial charge in [-0.25, -0.2) is 19.7 Å². The van der Waals surface area contributed by atoms with Crippen LogP contribution in [0.5, 0.6) is 0 Å². The molecule has 0 radical (unpaired) electrons. The summed E-state index contributed by atoms with van der Waals surface area (Å²) >= 11 is 0. The van der Waals surface area contributed by atoms with Crippen LogP contribution in [0.2, 0.25) is 0 Å². The first kappa shape index (κ1) is 42.3. The van der Waals surface area contributed by atoms with E-state index in [0.717, 1.165) is 61.4 Å². The number of para-hydroxylation sites is 3. The topological polar surface area (TPSA) is 90.2 Å². The molecule has 0 aliphatic rings. The Morgan fingerprint density at radius 2 is 0.900 bits per heavy atom. The lowest BCUT2D eigenvalue weighted by molar-refractivity contribution is 1.18. The number of hydrogen-bond acceptors (Lipinski definition) is 5. The lowest BCUT2D eigenvalue weighted by atomic mass is 9.95. The molecule has 0 saturated heterocycles. The van der Waals surface area contributed by atoms with Crippen molar-refractivity contribution in [2.45, 2.75) is 0 Å². The molecule has 0 aliphatic carbocycles. The van der Waals surface area contributed by atoms with E-state index in [2.05, 4.69) is 147 Å². The fourth-order valence-corrected chi connectivity index (χ4v) is 9.13. The van der Waals surface area contributed by atoms with Crippen molar-refractivity contribution in [1.82, 2.24) is 14.5 Å². The van der Waals surface area contributed by atoms with E-state index < -0.39 is 0 Å². The molecule has 2 aromatic heterocycles. The molecular formula is C62H36N8. The Morgan fingerprint density at radius 1 is 0.414 bits per heavy atom. The van der Waals surface area contributed by atoms with Crippen molar-refractivity contribution in [3.63, 3.8) is 0 Å². The van der Waals surface area contributed by atoms with Gasteiger partial charge in [-0.1, -0.05) is 103 Å². The second-order valence-corrected chi connectivity index (χ2v) is 16.6. The number of rotatable bonds is 9. The van der Waals surface area contributed by atoms with Crippen LogP contribution < -0.4 is 4.90 Å². The second kappa shape index (κ2) is 18.1. The van der Waals surface area contributed by atoms with E-state index in [-0.39, 0.29) is 0 Å². The zero-order valence-corrected chi connectivity index (χ0v) is 37.4. The van der Waals surface area contributed by atoms with E-state index in [1.165, 1.54) is 5.39 Å². The quantitative estimate of drug-likeness (QED) is 0.135. The summed E-state index contributed by atoms with van der Waals surface area (Å²) < 4.78 is 2.32. The number of benzene rings is 9. The van der Waals surface area contributed by atoms with E-state index in [1.807, 2.05) is 54.6 Å². The van der Waals surface area contributed by atoms with E-state index in [0.29, 0.717) is 56.4 Å². The Labute approximate surface area is 404 Å². The molecule has 0 bridgehead atoms. The molecule has 11 aromatic rings. The van der Waals surface area contributed by atoms with Gasteiger partial charge in [0, 0.05) is 44.6 Å².